The Morgan fingerprint density at radius 1 is 1.00 bits per heavy atom. The largest absolute Gasteiger partial charge is 0.370 e. The molecule has 15 heavy (non-hydrogen) atoms. The zero-order chi connectivity index (χ0) is 10.1. The van der Waals surface area contributed by atoms with Gasteiger partial charge in [0, 0.05) is 0 Å². The Bertz CT molecular complexity index is 350. The van der Waals surface area contributed by atoms with Gasteiger partial charge in [-0.25, -0.2) is 0 Å². The van der Waals surface area contributed by atoms with Crippen LogP contribution in [0.1, 0.15) is 43.2 Å². The summed E-state index contributed by atoms with van der Waals surface area (Å²) in [6.07, 6.45) is 7.59. The molecule has 1 fully saturated rings. The highest BCUT2D eigenvalue weighted by Crippen LogP contribution is 2.44. The molecule has 0 unspecified atom stereocenters. The average Bonchev–Trinajstić information content (AvgIpc) is 2.31. The molecule has 0 N–H and O–H groups in total. The van der Waals surface area contributed by atoms with Crippen molar-refractivity contribution in [3.63, 3.8) is 0 Å². The summed E-state index contributed by atoms with van der Waals surface area (Å²) < 4.78 is 6.13. The summed E-state index contributed by atoms with van der Waals surface area (Å²) in [5.41, 5.74) is 3.09. The van der Waals surface area contributed by atoms with Gasteiger partial charge in [0.1, 0.15) is 0 Å². The number of fused-ring (bicyclic) bond motifs is 2. The van der Waals surface area contributed by atoms with Crippen molar-refractivity contribution in [3.05, 3.63) is 35.4 Å². The fourth-order valence-corrected chi connectivity index (χ4v) is 3.15. The molecule has 1 aromatic rings. The zero-order valence-electron chi connectivity index (χ0n) is 9.17. The summed E-state index contributed by atoms with van der Waals surface area (Å²) in [6.45, 7) is 0.914. The minimum absolute atomic E-state index is 0.0904. The van der Waals surface area contributed by atoms with E-state index < -0.39 is 0 Å². The molecule has 0 saturated heterocycles. The Morgan fingerprint density at radius 2 is 1.80 bits per heavy atom. The van der Waals surface area contributed by atoms with Crippen LogP contribution in [0.25, 0.3) is 0 Å². The van der Waals surface area contributed by atoms with E-state index >= 15 is 0 Å². The van der Waals surface area contributed by atoms with Gasteiger partial charge in [-0.15, -0.1) is 0 Å². The Hall–Kier alpha value is -0.820. The molecule has 0 aromatic heterocycles. The SMILES string of the molecule is c1ccc2c(c1)CCOC21CCCCC1. The molecule has 1 aliphatic heterocycles. The summed E-state index contributed by atoms with van der Waals surface area (Å²) in [6, 6.07) is 8.86. The molecule has 0 radical (unpaired) electrons. The van der Waals surface area contributed by atoms with Crippen molar-refractivity contribution in [2.24, 2.45) is 0 Å². The highest BCUT2D eigenvalue weighted by Gasteiger charge is 2.38. The lowest BCUT2D eigenvalue weighted by atomic mass is 9.76. The van der Waals surface area contributed by atoms with E-state index in [1.807, 2.05) is 0 Å². The molecule has 1 nitrogen and oxygen atoms in total. The van der Waals surface area contributed by atoms with Crippen LogP contribution in [-0.2, 0) is 16.8 Å². The van der Waals surface area contributed by atoms with Gasteiger partial charge in [0.15, 0.2) is 0 Å². The van der Waals surface area contributed by atoms with Crippen molar-refractivity contribution >= 4 is 0 Å². The van der Waals surface area contributed by atoms with Crippen molar-refractivity contribution in [3.8, 4) is 0 Å². The van der Waals surface area contributed by atoms with E-state index in [-0.39, 0.29) is 5.60 Å². The van der Waals surface area contributed by atoms with Gasteiger partial charge in [-0.2, -0.15) is 0 Å². The van der Waals surface area contributed by atoms with E-state index in [1.54, 1.807) is 0 Å². The van der Waals surface area contributed by atoms with E-state index in [0.29, 0.717) is 0 Å². The van der Waals surface area contributed by atoms with Gasteiger partial charge in [0.25, 0.3) is 0 Å². The van der Waals surface area contributed by atoms with Crippen molar-refractivity contribution in [1.29, 1.82) is 0 Å². The van der Waals surface area contributed by atoms with Crippen LogP contribution in [0.2, 0.25) is 0 Å². The Labute approximate surface area is 91.5 Å². The van der Waals surface area contributed by atoms with E-state index in [0.717, 1.165) is 13.0 Å². The van der Waals surface area contributed by atoms with Gasteiger partial charge in [0.2, 0.25) is 0 Å². The maximum Gasteiger partial charge on any atom is 0.0934 e. The van der Waals surface area contributed by atoms with Gasteiger partial charge < -0.3 is 4.74 Å². The van der Waals surface area contributed by atoms with Crippen molar-refractivity contribution < 1.29 is 4.74 Å². The summed E-state index contributed by atoms with van der Waals surface area (Å²) >= 11 is 0. The number of benzene rings is 1. The molecule has 0 amide bonds. The minimum Gasteiger partial charge on any atom is -0.370 e. The van der Waals surface area contributed by atoms with Gasteiger partial charge in [-0.1, -0.05) is 43.5 Å². The van der Waals surface area contributed by atoms with Crippen molar-refractivity contribution in [1.82, 2.24) is 0 Å². The topological polar surface area (TPSA) is 9.23 Å². The average molecular weight is 202 g/mol. The highest BCUT2D eigenvalue weighted by molar-refractivity contribution is 5.34. The maximum atomic E-state index is 6.13. The third kappa shape index (κ3) is 1.50. The molecule has 1 heterocycles. The van der Waals surface area contributed by atoms with Gasteiger partial charge >= 0.3 is 0 Å². The fraction of sp³-hybridized carbons (Fsp3) is 0.571. The molecule has 3 rings (SSSR count). The maximum absolute atomic E-state index is 6.13. The third-order valence-electron chi connectivity index (χ3n) is 3.92. The predicted octanol–water partition coefficient (Wildman–Crippen LogP) is 3.42. The lowest BCUT2D eigenvalue weighted by molar-refractivity contribution is -0.0847. The Morgan fingerprint density at radius 3 is 2.67 bits per heavy atom. The second-order valence-corrected chi connectivity index (χ2v) is 4.81. The van der Waals surface area contributed by atoms with E-state index in [1.165, 1.54) is 43.2 Å². The number of hydrogen-bond acceptors (Lipinski definition) is 1. The third-order valence-corrected chi connectivity index (χ3v) is 3.92. The number of rotatable bonds is 0. The van der Waals surface area contributed by atoms with E-state index in [9.17, 15) is 0 Å². The van der Waals surface area contributed by atoms with Gasteiger partial charge in [-0.3, -0.25) is 0 Å². The van der Waals surface area contributed by atoms with Crippen LogP contribution in [0.5, 0.6) is 0 Å². The summed E-state index contributed by atoms with van der Waals surface area (Å²) in [5.74, 6) is 0. The second-order valence-electron chi connectivity index (χ2n) is 4.81. The summed E-state index contributed by atoms with van der Waals surface area (Å²) in [7, 11) is 0. The first-order valence-electron chi connectivity index (χ1n) is 6.13. The smallest absolute Gasteiger partial charge is 0.0934 e. The van der Waals surface area contributed by atoms with Crippen LogP contribution < -0.4 is 0 Å². The summed E-state index contributed by atoms with van der Waals surface area (Å²) in [4.78, 5) is 0. The highest BCUT2D eigenvalue weighted by atomic mass is 16.5. The molecule has 1 heteroatoms. The first-order valence-corrected chi connectivity index (χ1v) is 6.13. The molecule has 0 atom stereocenters. The molecular weight excluding hydrogens is 184 g/mol. The molecule has 2 aliphatic rings. The molecule has 0 bridgehead atoms. The van der Waals surface area contributed by atoms with Crippen LogP contribution in [0, 0.1) is 0 Å². The molecule has 1 saturated carbocycles. The molecule has 1 spiro atoms. The van der Waals surface area contributed by atoms with E-state index in [2.05, 4.69) is 24.3 Å². The van der Waals surface area contributed by atoms with Gasteiger partial charge in [0.05, 0.1) is 12.2 Å². The van der Waals surface area contributed by atoms with Crippen LogP contribution >= 0.6 is 0 Å². The van der Waals surface area contributed by atoms with Crippen LogP contribution in [0.3, 0.4) is 0 Å². The standard InChI is InChI=1S/C14H18O/c1-4-9-14(10-5-1)13-7-3-2-6-12(13)8-11-15-14/h2-3,6-7H,1,4-5,8-11H2. The zero-order valence-corrected chi connectivity index (χ0v) is 9.17. The number of ether oxygens (including phenoxy) is 1. The fourth-order valence-electron chi connectivity index (χ4n) is 3.15. The lowest BCUT2D eigenvalue weighted by Gasteiger charge is -2.42. The van der Waals surface area contributed by atoms with Crippen LogP contribution in [0.4, 0.5) is 0 Å². The van der Waals surface area contributed by atoms with Crippen LogP contribution in [0.15, 0.2) is 24.3 Å². The second kappa shape index (κ2) is 3.64. The Balaban J connectivity index is 2.04. The molecule has 1 aromatic carbocycles. The van der Waals surface area contributed by atoms with Crippen molar-refractivity contribution in [2.75, 3.05) is 6.61 Å². The first-order chi connectivity index (χ1) is 7.41. The normalized spacial score (nSPS) is 23.7. The monoisotopic (exact) mass is 202 g/mol. The van der Waals surface area contributed by atoms with Crippen molar-refractivity contribution in [2.45, 2.75) is 44.1 Å². The molecular formula is C14H18O. The first kappa shape index (κ1) is 9.41. The summed E-state index contributed by atoms with van der Waals surface area (Å²) in [5, 5.41) is 0. The van der Waals surface area contributed by atoms with E-state index in [4.69, 9.17) is 4.74 Å². The molecule has 1 aliphatic carbocycles. The Kier molecular flexibility index (Phi) is 2.28. The lowest BCUT2D eigenvalue weighted by Crippen LogP contribution is -2.37. The minimum atomic E-state index is 0.0904. The van der Waals surface area contributed by atoms with Crippen LogP contribution in [-0.4, -0.2) is 6.61 Å². The van der Waals surface area contributed by atoms with Gasteiger partial charge in [-0.05, 0) is 30.4 Å². The predicted molar refractivity (Wildman–Crippen MR) is 60.9 cm³/mol. The number of hydrogen-bond donors (Lipinski definition) is 0. The quantitative estimate of drug-likeness (QED) is 0.626. The molecule has 80 valence electrons.